The van der Waals surface area contributed by atoms with Gasteiger partial charge in [0.15, 0.2) is 10.7 Å². The number of nitrogens with two attached hydrogens (primary N) is 1. The summed E-state index contributed by atoms with van der Waals surface area (Å²) in [5.41, 5.74) is 7.51. The van der Waals surface area contributed by atoms with Gasteiger partial charge in [0.1, 0.15) is 17.2 Å². The third kappa shape index (κ3) is 3.67. The maximum Gasteiger partial charge on any atom is 0.177 e. The first kappa shape index (κ1) is 18.3. The Bertz CT molecular complexity index is 963. The Morgan fingerprint density at radius 1 is 1.33 bits per heavy atom. The van der Waals surface area contributed by atoms with Crippen molar-refractivity contribution in [3.8, 4) is 0 Å². The van der Waals surface area contributed by atoms with Crippen LogP contribution in [0.15, 0.2) is 28.4 Å². The van der Waals surface area contributed by atoms with Gasteiger partial charge in [-0.1, -0.05) is 23.4 Å². The van der Waals surface area contributed by atoms with Gasteiger partial charge < -0.3 is 16.0 Å². The minimum atomic E-state index is -0.0954. The zero-order valence-corrected chi connectivity index (χ0v) is 16.7. The largest absolute Gasteiger partial charge is 0.372 e. The van der Waals surface area contributed by atoms with Crippen LogP contribution >= 0.6 is 23.4 Å². The van der Waals surface area contributed by atoms with E-state index in [2.05, 4.69) is 37.3 Å². The summed E-state index contributed by atoms with van der Waals surface area (Å²) in [5, 5.41) is 11.6. The second kappa shape index (κ2) is 7.14. The lowest BCUT2D eigenvalue weighted by Crippen LogP contribution is -2.48. The summed E-state index contributed by atoms with van der Waals surface area (Å²) in [6, 6.07) is 1.85. The number of nitrogens with zero attached hydrogens (tertiary/aromatic N) is 5. The van der Waals surface area contributed by atoms with E-state index in [4.69, 9.17) is 22.3 Å². The van der Waals surface area contributed by atoms with Crippen molar-refractivity contribution >= 4 is 46.2 Å². The van der Waals surface area contributed by atoms with Crippen LogP contribution in [0.5, 0.6) is 0 Å². The molecule has 4 N–H and O–H groups in total. The second-order valence-corrected chi connectivity index (χ2v) is 8.33. The van der Waals surface area contributed by atoms with Crippen molar-refractivity contribution in [3.05, 3.63) is 23.5 Å². The Kier molecular flexibility index (Phi) is 4.83. The molecular weight excluding hydrogens is 384 g/mol. The molecule has 10 heteroatoms. The van der Waals surface area contributed by atoms with E-state index in [-0.39, 0.29) is 5.54 Å². The zero-order valence-electron chi connectivity index (χ0n) is 15.2. The van der Waals surface area contributed by atoms with Crippen molar-refractivity contribution < 1.29 is 0 Å². The molecule has 0 radical (unpaired) electrons. The third-order valence-electron chi connectivity index (χ3n) is 4.75. The Labute approximate surface area is 166 Å². The minimum Gasteiger partial charge on any atom is -0.372 e. The van der Waals surface area contributed by atoms with E-state index in [1.54, 1.807) is 19.4 Å². The number of halogens is 1. The molecule has 0 aromatic carbocycles. The fourth-order valence-electron chi connectivity index (χ4n) is 3.02. The summed E-state index contributed by atoms with van der Waals surface area (Å²) in [4.78, 5) is 16.6. The number of rotatable bonds is 4. The highest BCUT2D eigenvalue weighted by atomic mass is 35.5. The Balaban J connectivity index is 1.58. The van der Waals surface area contributed by atoms with E-state index in [0.717, 1.165) is 47.2 Å². The number of hydrogen-bond acceptors (Lipinski definition) is 8. The number of hydrogen-bond donors (Lipinski definition) is 3. The lowest BCUT2D eigenvalue weighted by atomic mass is 9.91. The predicted octanol–water partition coefficient (Wildman–Crippen LogP) is 2.91. The average molecular weight is 405 g/mol. The molecular formula is C17H21ClN8S. The van der Waals surface area contributed by atoms with Crippen molar-refractivity contribution in [1.82, 2.24) is 25.1 Å². The number of anilines is 2. The van der Waals surface area contributed by atoms with E-state index in [0.29, 0.717) is 16.5 Å². The van der Waals surface area contributed by atoms with Gasteiger partial charge in [0.05, 0.1) is 11.2 Å². The van der Waals surface area contributed by atoms with Crippen LogP contribution in [0.25, 0.3) is 11.2 Å². The Hall–Kier alpha value is -2.10. The Morgan fingerprint density at radius 2 is 2.11 bits per heavy atom. The summed E-state index contributed by atoms with van der Waals surface area (Å²) >= 11 is 7.82. The molecule has 0 amide bonds. The number of pyridine rings is 1. The molecule has 1 fully saturated rings. The fourth-order valence-corrected chi connectivity index (χ4v) is 4.21. The molecule has 1 aliphatic heterocycles. The maximum atomic E-state index is 6.39. The van der Waals surface area contributed by atoms with E-state index in [1.807, 2.05) is 6.07 Å². The number of fused-ring (bicyclic) bond motifs is 1. The van der Waals surface area contributed by atoms with Crippen LogP contribution in [-0.4, -0.2) is 50.8 Å². The van der Waals surface area contributed by atoms with Crippen LogP contribution in [-0.2, 0) is 0 Å². The summed E-state index contributed by atoms with van der Waals surface area (Å²) < 4.78 is 0. The van der Waals surface area contributed by atoms with Gasteiger partial charge in [-0.25, -0.2) is 15.0 Å². The van der Waals surface area contributed by atoms with E-state index < -0.39 is 0 Å². The van der Waals surface area contributed by atoms with Gasteiger partial charge >= 0.3 is 0 Å². The van der Waals surface area contributed by atoms with Crippen molar-refractivity contribution in [1.29, 1.82) is 0 Å². The molecule has 1 saturated heterocycles. The molecule has 0 spiro atoms. The quantitative estimate of drug-likeness (QED) is 0.609. The van der Waals surface area contributed by atoms with Gasteiger partial charge in [-0.2, -0.15) is 5.10 Å². The highest BCUT2D eigenvalue weighted by molar-refractivity contribution is 7.99. The normalized spacial score (nSPS) is 16.7. The molecule has 0 saturated carbocycles. The topological polar surface area (TPSA) is 109 Å². The molecule has 3 aromatic rings. The monoisotopic (exact) mass is 404 g/mol. The van der Waals surface area contributed by atoms with Crippen LogP contribution in [0.3, 0.4) is 0 Å². The van der Waals surface area contributed by atoms with Crippen LogP contribution in [0.1, 0.15) is 19.8 Å². The highest BCUT2D eigenvalue weighted by Gasteiger charge is 2.27. The summed E-state index contributed by atoms with van der Waals surface area (Å²) in [6.07, 6.45) is 5.38. The molecule has 0 bridgehead atoms. The van der Waals surface area contributed by atoms with Crippen molar-refractivity contribution in [2.75, 3.05) is 30.4 Å². The maximum absolute atomic E-state index is 6.39. The van der Waals surface area contributed by atoms with Gasteiger partial charge in [-0.3, -0.25) is 5.10 Å². The average Bonchev–Trinajstić information content (AvgIpc) is 3.05. The van der Waals surface area contributed by atoms with Gasteiger partial charge in [-0.05, 0) is 25.8 Å². The number of aromatic amines is 1. The number of piperidine rings is 1. The molecule has 4 rings (SSSR count). The summed E-state index contributed by atoms with van der Waals surface area (Å²) in [7, 11) is 1.79. The highest BCUT2D eigenvalue weighted by Crippen LogP contribution is 2.37. The predicted molar refractivity (Wildman–Crippen MR) is 109 cm³/mol. The van der Waals surface area contributed by atoms with Crippen LogP contribution in [0, 0.1) is 0 Å². The van der Waals surface area contributed by atoms with Crippen molar-refractivity contribution in [3.63, 3.8) is 0 Å². The van der Waals surface area contributed by atoms with Gasteiger partial charge in [0, 0.05) is 36.8 Å². The lowest BCUT2D eigenvalue weighted by molar-refractivity contribution is 0.363. The first-order chi connectivity index (χ1) is 13.0. The smallest absolute Gasteiger partial charge is 0.177 e. The van der Waals surface area contributed by atoms with Crippen LogP contribution in [0.4, 0.5) is 11.6 Å². The SMILES string of the molecule is CNc1nccc(Sc2n[nH]c3nc(N4CCC(C)(N)CC4)cnc23)c1Cl. The molecule has 8 nitrogen and oxygen atoms in total. The lowest BCUT2D eigenvalue weighted by Gasteiger charge is -2.37. The standard InChI is InChI=1S/C17H21ClN8S/c1-17(19)4-7-26(8-5-17)11-9-22-13-15(23-11)24-25-16(13)27-10-3-6-21-14(20-2)12(10)18/h3,6,9H,4-5,7-8,19H2,1-2H3,(H,20,21)(H,23,24,25). The van der Waals surface area contributed by atoms with Crippen molar-refractivity contribution in [2.45, 2.75) is 35.2 Å². The molecule has 27 heavy (non-hydrogen) atoms. The fraction of sp³-hybridized carbons (Fsp3) is 0.412. The molecule has 1 aliphatic rings. The van der Waals surface area contributed by atoms with Crippen molar-refractivity contribution in [2.24, 2.45) is 5.73 Å². The van der Waals surface area contributed by atoms with Gasteiger partial charge in [0.2, 0.25) is 0 Å². The molecule has 142 valence electrons. The number of H-pyrrole nitrogens is 1. The Morgan fingerprint density at radius 3 is 2.85 bits per heavy atom. The third-order valence-corrected chi connectivity index (χ3v) is 6.29. The minimum absolute atomic E-state index is 0.0954. The van der Waals surface area contributed by atoms with Crippen LogP contribution in [0.2, 0.25) is 5.02 Å². The number of aromatic nitrogens is 5. The molecule has 0 atom stereocenters. The van der Waals surface area contributed by atoms with Gasteiger partial charge in [0.25, 0.3) is 0 Å². The summed E-state index contributed by atoms with van der Waals surface area (Å²) in [6.45, 7) is 3.85. The number of nitrogens with one attached hydrogen (secondary N) is 2. The first-order valence-corrected chi connectivity index (χ1v) is 9.91. The molecule has 0 aliphatic carbocycles. The van der Waals surface area contributed by atoms with Gasteiger partial charge in [-0.15, -0.1) is 0 Å². The van der Waals surface area contributed by atoms with E-state index in [9.17, 15) is 0 Å². The van der Waals surface area contributed by atoms with E-state index >= 15 is 0 Å². The molecule has 0 unspecified atom stereocenters. The van der Waals surface area contributed by atoms with E-state index in [1.165, 1.54) is 11.8 Å². The zero-order chi connectivity index (χ0) is 19.0. The molecule has 4 heterocycles. The second-order valence-electron chi connectivity index (χ2n) is 6.92. The first-order valence-electron chi connectivity index (χ1n) is 8.72. The summed E-state index contributed by atoms with van der Waals surface area (Å²) in [5.74, 6) is 1.48. The molecule has 3 aromatic heterocycles. The van der Waals surface area contributed by atoms with Crippen LogP contribution < -0.4 is 16.0 Å².